The van der Waals surface area contributed by atoms with Gasteiger partial charge in [-0.05, 0) is 48.6 Å². The van der Waals surface area contributed by atoms with Gasteiger partial charge in [0, 0.05) is 5.69 Å². The molecule has 7 nitrogen and oxygen atoms in total. The van der Waals surface area contributed by atoms with Crippen molar-refractivity contribution < 1.29 is 9.59 Å². The number of thioether (sulfide) groups is 1. The molecule has 0 saturated carbocycles. The van der Waals surface area contributed by atoms with E-state index in [2.05, 4.69) is 20.6 Å². The lowest BCUT2D eigenvalue weighted by atomic mass is 10.1. The number of rotatable bonds is 4. The Balaban J connectivity index is 1.55. The second-order valence-corrected chi connectivity index (χ2v) is 7.46. The van der Waals surface area contributed by atoms with Crippen LogP contribution in [0.1, 0.15) is 11.1 Å². The molecule has 134 valence electrons. The van der Waals surface area contributed by atoms with Crippen molar-refractivity contribution in [2.24, 2.45) is 0 Å². The topological polar surface area (TPSA) is 104 Å². The third kappa shape index (κ3) is 4.30. The van der Waals surface area contributed by atoms with Crippen molar-refractivity contribution in [2.75, 3.05) is 11.1 Å². The summed E-state index contributed by atoms with van der Waals surface area (Å²) in [6, 6.07) is 6.59. The number of hydrogen-bond acceptors (Lipinski definition) is 6. The molecule has 0 spiro atoms. The standard InChI is InChI=1S/C17H16N4O3S2/c1-9-3-4-11(7-10(9)2)18-16(24)19-13(22)8-26-17-20-14(23)12-5-6-25-15(12)21-17/h3-7H,8H2,1-2H3,(H,20,21,23)(H2,18,19,22,24). The molecule has 1 aromatic carbocycles. The zero-order valence-corrected chi connectivity index (χ0v) is 15.7. The van der Waals surface area contributed by atoms with Gasteiger partial charge in [-0.2, -0.15) is 0 Å². The van der Waals surface area contributed by atoms with Gasteiger partial charge in [-0.3, -0.25) is 14.9 Å². The zero-order chi connectivity index (χ0) is 18.7. The Morgan fingerprint density at radius 3 is 2.81 bits per heavy atom. The van der Waals surface area contributed by atoms with E-state index < -0.39 is 11.9 Å². The number of aromatic nitrogens is 2. The number of benzene rings is 1. The van der Waals surface area contributed by atoms with E-state index in [9.17, 15) is 14.4 Å². The fourth-order valence-electron chi connectivity index (χ4n) is 2.19. The van der Waals surface area contributed by atoms with Gasteiger partial charge in [-0.15, -0.1) is 11.3 Å². The van der Waals surface area contributed by atoms with Crippen LogP contribution in [0.2, 0.25) is 0 Å². The molecule has 26 heavy (non-hydrogen) atoms. The van der Waals surface area contributed by atoms with Crippen LogP contribution in [0.25, 0.3) is 10.2 Å². The van der Waals surface area contributed by atoms with Crippen molar-refractivity contribution in [2.45, 2.75) is 19.0 Å². The number of aryl methyl sites for hydroxylation is 2. The Bertz CT molecular complexity index is 1040. The fourth-order valence-corrected chi connectivity index (χ4v) is 3.67. The highest BCUT2D eigenvalue weighted by Gasteiger charge is 2.11. The van der Waals surface area contributed by atoms with E-state index >= 15 is 0 Å². The monoisotopic (exact) mass is 388 g/mol. The number of urea groups is 1. The van der Waals surface area contributed by atoms with Crippen LogP contribution in [-0.2, 0) is 4.79 Å². The normalized spacial score (nSPS) is 10.7. The first-order valence-electron chi connectivity index (χ1n) is 7.71. The minimum Gasteiger partial charge on any atom is -0.308 e. The number of carbonyl (C=O) groups is 2. The first-order chi connectivity index (χ1) is 12.4. The van der Waals surface area contributed by atoms with Crippen LogP contribution in [0.3, 0.4) is 0 Å². The average Bonchev–Trinajstić information content (AvgIpc) is 3.05. The van der Waals surface area contributed by atoms with Crippen LogP contribution in [0.5, 0.6) is 0 Å². The number of hydrogen-bond donors (Lipinski definition) is 3. The van der Waals surface area contributed by atoms with E-state index in [1.165, 1.54) is 11.3 Å². The fraction of sp³-hybridized carbons (Fsp3) is 0.176. The van der Waals surface area contributed by atoms with E-state index in [0.717, 1.165) is 22.9 Å². The Morgan fingerprint density at radius 1 is 1.23 bits per heavy atom. The van der Waals surface area contributed by atoms with E-state index in [1.54, 1.807) is 17.5 Å². The molecule has 3 rings (SSSR count). The van der Waals surface area contributed by atoms with Crippen molar-refractivity contribution in [3.63, 3.8) is 0 Å². The lowest BCUT2D eigenvalue weighted by Gasteiger charge is -2.08. The van der Waals surface area contributed by atoms with Crippen molar-refractivity contribution >= 4 is 50.9 Å². The zero-order valence-electron chi connectivity index (χ0n) is 14.1. The summed E-state index contributed by atoms with van der Waals surface area (Å²) in [6.45, 7) is 3.92. The predicted octanol–water partition coefficient (Wildman–Crippen LogP) is 3.04. The van der Waals surface area contributed by atoms with Crippen LogP contribution >= 0.6 is 23.1 Å². The molecule has 9 heteroatoms. The van der Waals surface area contributed by atoms with E-state index in [-0.39, 0.29) is 11.3 Å². The van der Waals surface area contributed by atoms with E-state index in [0.29, 0.717) is 21.1 Å². The lowest BCUT2D eigenvalue weighted by Crippen LogP contribution is -2.35. The number of amides is 3. The summed E-state index contributed by atoms with van der Waals surface area (Å²) in [5.41, 5.74) is 2.53. The molecule has 0 aliphatic heterocycles. The van der Waals surface area contributed by atoms with Gasteiger partial charge in [0.15, 0.2) is 5.16 Å². The number of fused-ring (bicyclic) bond motifs is 1. The Kier molecular flexibility index (Phi) is 5.38. The second-order valence-electron chi connectivity index (χ2n) is 5.60. The lowest BCUT2D eigenvalue weighted by molar-refractivity contribution is -0.117. The molecule has 2 heterocycles. The van der Waals surface area contributed by atoms with E-state index in [1.807, 2.05) is 26.0 Å². The second kappa shape index (κ2) is 7.71. The maximum atomic E-state index is 11.9. The molecule has 0 unspecified atom stereocenters. The van der Waals surface area contributed by atoms with Gasteiger partial charge in [0.05, 0.1) is 11.1 Å². The highest BCUT2D eigenvalue weighted by atomic mass is 32.2. The Labute approximate surface area is 157 Å². The molecule has 3 aromatic rings. The SMILES string of the molecule is Cc1ccc(NC(=O)NC(=O)CSc2nc3sccc3c(=O)[nH]2)cc1C. The molecule has 0 fully saturated rings. The number of anilines is 1. The summed E-state index contributed by atoms with van der Waals surface area (Å²) in [5, 5.41) is 7.52. The smallest absolute Gasteiger partial charge is 0.308 e. The van der Waals surface area contributed by atoms with Crippen LogP contribution in [0.15, 0.2) is 39.6 Å². The first-order valence-corrected chi connectivity index (χ1v) is 9.57. The molecular formula is C17H16N4O3S2. The molecule has 0 radical (unpaired) electrons. The summed E-state index contributed by atoms with van der Waals surface area (Å²) in [5.74, 6) is -0.523. The predicted molar refractivity (Wildman–Crippen MR) is 104 cm³/mol. The summed E-state index contributed by atoms with van der Waals surface area (Å²) in [6.07, 6.45) is 0. The third-order valence-corrected chi connectivity index (χ3v) is 5.35. The summed E-state index contributed by atoms with van der Waals surface area (Å²) >= 11 is 2.42. The first kappa shape index (κ1) is 18.2. The largest absolute Gasteiger partial charge is 0.325 e. The molecular weight excluding hydrogens is 372 g/mol. The maximum absolute atomic E-state index is 11.9. The molecule has 0 aliphatic rings. The quantitative estimate of drug-likeness (QED) is 0.471. The van der Waals surface area contributed by atoms with Gasteiger partial charge in [-0.1, -0.05) is 17.8 Å². The number of H-pyrrole nitrogens is 1. The van der Waals surface area contributed by atoms with E-state index in [4.69, 9.17) is 0 Å². The van der Waals surface area contributed by atoms with Crippen LogP contribution < -0.4 is 16.2 Å². The molecule has 0 aliphatic carbocycles. The van der Waals surface area contributed by atoms with Gasteiger partial charge >= 0.3 is 6.03 Å². The van der Waals surface area contributed by atoms with Gasteiger partial charge < -0.3 is 10.3 Å². The highest BCUT2D eigenvalue weighted by Crippen LogP contribution is 2.18. The molecule has 0 bridgehead atoms. The van der Waals surface area contributed by atoms with Crippen molar-refractivity contribution in [1.82, 2.24) is 15.3 Å². The van der Waals surface area contributed by atoms with Crippen molar-refractivity contribution in [1.29, 1.82) is 0 Å². The average molecular weight is 388 g/mol. The summed E-state index contributed by atoms with van der Waals surface area (Å²) in [4.78, 5) is 43.2. The molecule has 0 saturated heterocycles. The number of imide groups is 1. The van der Waals surface area contributed by atoms with Gasteiger partial charge in [0.1, 0.15) is 4.83 Å². The Hall–Kier alpha value is -2.65. The summed E-state index contributed by atoms with van der Waals surface area (Å²) in [7, 11) is 0. The maximum Gasteiger partial charge on any atom is 0.325 e. The minimum absolute atomic E-state index is 0.0415. The van der Waals surface area contributed by atoms with Crippen molar-refractivity contribution in [3.05, 3.63) is 51.1 Å². The number of thiophene rings is 1. The molecule has 3 amide bonds. The number of aromatic amines is 1. The van der Waals surface area contributed by atoms with Gasteiger partial charge in [0.2, 0.25) is 5.91 Å². The van der Waals surface area contributed by atoms with Crippen LogP contribution in [0, 0.1) is 13.8 Å². The van der Waals surface area contributed by atoms with Gasteiger partial charge in [-0.25, -0.2) is 9.78 Å². The van der Waals surface area contributed by atoms with Gasteiger partial charge in [0.25, 0.3) is 5.56 Å². The Morgan fingerprint density at radius 2 is 2.04 bits per heavy atom. The molecule has 3 N–H and O–H groups in total. The number of nitrogens with zero attached hydrogens (tertiary/aromatic N) is 1. The number of nitrogens with one attached hydrogen (secondary N) is 3. The highest BCUT2D eigenvalue weighted by molar-refractivity contribution is 7.99. The summed E-state index contributed by atoms with van der Waals surface area (Å²) < 4.78 is 0. The third-order valence-electron chi connectivity index (χ3n) is 3.67. The molecule has 2 aromatic heterocycles. The van der Waals surface area contributed by atoms with Crippen LogP contribution in [0.4, 0.5) is 10.5 Å². The number of carbonyl (C=O) groups excluding carboxylic acids is 2. The molecule has 0 atom stereocenters. The van der Waals surface area contributed by atoms with Crippen molar-refractivity contribution in [3.8, 4) is 0 Å². The minimum atomic E-state index is -0.603. The van der Waals surface area contributed by atoms with Crippen LogP contribution in [-0.4, -0.2) is 27.7 Å².